The molecule has 1 heterocycles. The van der Waals surface area contributed by atoms with Crippen molar-refractivity contribution in [3.8, 4) is 0 Å². The van der Waals surface area contributed by atoms with Crippen LogP contribution in [0.5, 0.6) is 0 Å². The second kappa shape index (κ2) is 15.4. The number of benzene rings is 2. The van der Waals surface area contributed by atoms with Gasteiger partial charge in [0.15, 0.2) is 8.38 Å². The second-order valence-corrected chi connectivity index (χ2v) is 11.2. The van der Waals surface area contributed by atoms with Crippen molar-refractivity contribution in [2.75, 3.05) is 6.16 Å². The van der Waals surface area contributed by atoms with Gasteiger partial charge in [-0.3, -0.25) is 0 Å². The first-order valence-corrected chi connectivity index (χ1v) is 14.4. The van der Waals surface area contributed by atoms with Crippen LogP contribution in [-0.2, 0) is 36.5 Å². The van der Waals surface area contributed by atoms with Crippen LogP contribution in [0.25, 0.3) is 0 Å². The average Bonchev–Trinajstić information content (AvgIpc) is 2.85. The zero-order valence-electron chi connectivity index (χ0n) is 21.3. The molecular formula is C27H39AlNO5P. The molecule has 0 aliphatic carbocycles. The van der Waals surface area contributed by atoms with E-state index in [1.807, 2.05) is 64.1 Å². The zero-order chi connectivity index (χ0) is 25.0. The molecule has 35 heavy (non-hydrogen) atoms. The summed E-state index contributed by atoms with van der Waals surface area (Å²) in [6, 6.07) is 20.5. The first kappa shape index (κ1) is 28.7. The van der Waals surface area contributed by atoms with Crippen LogP contribution >= 0.6 is 8.38 Å². The van der Waals surface area contributed by atoms with Crippen molar-refractivity contribution in [1.29, 1.82) is 0 Å². The summed E-state index contributed by atoms with van der Waals surface area (Å²) in [6.07, 6.45) is 2.03. The molecule has 190 valence electrons. The first-order chi connectivity index (χ1) is 16.9. The van der Waals surface area contributed by atoms with Gasteiger partial charge in [-0.2, -0.15) is 0 Å². The minimum absolute atomic E-state index is 0.0157. The van der Waals surface area contributed by atoms with Gasteiger partial charge in [0.05, 0.1) is 37.6 Å². The molecule has 0 aromatic heterocycles. The number of hydrogen-bond acceptors (Lipinski definition) is 6. The molecule has 2 aromatic rings. The van der Waals surface area contributed by atoms with Crippen LogP contribution in [0.2, 0.25) is 0 Å². The van der Waals surface area contributed by atoms with E-state index in [1.165, 1.54) is 0 Å². The molecule has 1 saturated heterocycles. The van der Waals surface area contributed by atoms with Crippen LogP contribution in [0.15, 0.2) is 60.7 Å². The topological polar surface area (TPSA) is 58.2 Å². The van der Waals surface area contributed by atoms with Crippen LogP contribution in [0.3, 0.4) is 0 Å². The van der Waals surface area contributed by atoms with E-state index in [9.17, 15) is 0 Å². The fourth-order valence-corrected chi connectivity index (χ4v) is 5.97. The molecular weight excluding hydrogens is 476 g/mol. The van der Waals surface area contributed by atoms with Gasteiger partial charge in [0.2, 0.25) is 0 Å². The highest BCUT2D eigenvalue weighted by molar-refractivity contribution is 7.47. The van der Waals surface area contributed by atoms with Crippen LogP contribution in [0.4, 0.5) is 0 Å². The lowest BCUT2D eigenvalue weighted by molar-refractivity contribution is -0.210. The summed E-state index contributed by atoms with van der Waals surface area (Å²) < 4.78 is 34.6. The maximum Gasteiger partial charge on any atom is 0.255 e. The monoisotopic (exact) mass is 515 g/mol. The summed E-state index contributed by atoms with van der Waals surface area (Å²) in [6.45, 7) is 9.23. The predicted octanol–water partition coefficient (Wildman–Crippen LogP) is 5.50. The fourth-order valence-electron chi connectivity index (χ4n) is 4.00. The summed E-state index contributed by atoms with van der Waals surface area (Å²) >= 11 is 2.58. The molecule has 6 nitrogen and oxygen atoms in total. The van der Waals surface area contributed by atoms with Crippen LogP contribution in [0.1, 0.15) is 51.7 Å². The molecule has 0 bridgehead atoms. The zero-order valence-corrected chi connectivity index (χ0v) is 23.4. The van der Waals surface area contributed by atoms with Gasteiger partial charge in [0.25, 0.3) is 16.5 Å². The van der Waals surface area contributed by atoms with Crippen molar-refractivity contribution in [1.82, 2.24) is 4.30 Å². The highest BCUT2D eigenvalue weighted by Gasteiger charge is 2.39. The minimum atomic E-state index is -0.967. The van der Waals surface area contributed by atoms with Crippen LogP contribution < -0.4 is 4.30 Å². The number of rotatable bonds is 14. The van der Waals surface area contributed by atoms with Gasteiger partial charge in [0.1, 0.15) is 12.3 Å². The summed E-state index contributed by atoms with van der Waals surface area (Å²) in [5.74, 6) is 0. The summed E-state index contributed by atoms with van der Waals surface area (Å²) in [5, 5.41) is 0. The number of hydrogen-bond donors (Lipinski definition) is 1. The second-order valence-electron chi connectivity index (χ2n) is 9.33. The summed E-state index contributed by atoms with van der Waals surface area (Å²) in [7, 11) is -0.967. The Kier molecular flexibility index (Phi) is 12.7. The lowest BCUT2D eigenvalue weighted by atomic mass is 9.99. The van der Waals surface area contributed by atoms with Gasteiger partial charge < -0.3 is 27.6 Å². The van der Waals surface area contributed by atoms with Gasteiger partial charge in [-0.1, -0.05) is 60.7 Å². The molecule has 1 aliphatic rings. The van der Waals surface area contributed by atoms with Crippen molar-refractivity contribution in [2.45, 2.75) is 90.5 Å². The molecule has 2 aromatic carbocycles. The normalized spacial score (nSPS) is 22.8. The molecule has 1 N–H and O–H groups in total. The molecule has 8 heteroatoms. The van der Waals surface area contributed by atoms with E-state index in [0.717, 1.165) is 30.1 Å². The van der Waals surface area contributed by atoms with Crippen LogP contribution in [0, 0.1) is 0 Å². The van der Waals surface area contributed by atoms with E-state index >= 15 is 0 Å². The van der Waals surface area contributed by atoms with Crippen LogP contribution in [-0.4, -0.2) is 59.4 Å². The SMILES string of the molecule is CC(C)OP(CCC1CC(OCc2ccccc2)C(OCc2ccccc2)C([NH][Al])O1)OC(C)C. The molecule has 4 atom stereocenters. The molecule has 2 radical (unpaired) electrons. The van der Waals surface area contributed by atoms with Gasteiger partial charge in [-0.05, 0) is 45.2 Å². The van der Waals surface area contributed by atoms with Crippen molar-refractivity contribution < 1.29 is 23.3 Å². The maximum atomic E-state index is 6.46. The predicted molar refractivity (Wildman–Crippen MR) is 141 cm³/mol. The van der Waals surface area contributed by atoms with Crippen molar-refractivity contribution in [3.05, 3.63) is 71.8 Å². The Bertz CT molecular complexity index is 819. The van der Waals surface area contributed by atoms with Crippen molar-refractivity contribution in [3.63, 3.8) is 0 Å². The smallest absolute Gasteiger partial charge is 0.255 e. The van der Waals surface area contributed by atoms with Crippen molar-refractivity contribution in [2.24, 2.45) is 0 Å². The lowest BCUT2D eigenvalue weighted by Crippen LogP contribution is -2.56. The molecule has 3 rings (SSSR count). The van der Waals surface area contributed by atoms with Gasteiger partial charge in [-0.15, -0.1) is 0 Å². The quantitative estimate of drug-likeness (QED) is 0.265. The molecule has 1 fully saturated rings. The Morgan fingerprint density at radius 3 is 1.94 bits per heavy atom. The minimum Gasteiger partial charge on any atom is -0.390 e. The van der Waals surface area contributed by atoms with E-state index in [0.29, 0.717) is 13.2 Å². The Morgan fingerprint density at radius 1 is 0.886 bits per heavy atom. The van der Waals surface area contributed by atoms with Crippen molar-refractivity contribution >= 4 is 24.9 Å². The third kappa shape index (κ3) is 10.2. The van der Waals surface area contributed by atoms with E-state index in [2.05, 4.69) is 45.1 Å². The largest absolute Gasteiger partial charge is 0.390 e. The Hall–Kier alpha value is -0.838. The molecule has 0 spiro atoms. The van der Waals surface area contributed by atoms with E-state index < -0.39 is 8.38 Å². The molecule has 1 aliphatic heterocycles. The van der Waals surface area contributed by atoms with E-state index in [1.54, 1.807) is 0 Å². The standard InChI is InChI=1S/C27H39NO5P.Al/c1-20(2)32-34(33-21(3)4)16-15-24-17-25(29-18-22-11-7-5-8-12-22)26(27(28)31-24)30-19-23-13-9-6-10-14-23;/h5-14,20-21,24-28H,15-19H2,1-4H3;/q-1;+1. The molecule has 4 unspecified atom stereocenters. The number of ether oxygens (including phenoxy) is 3. The Labute approximate surface area is 220 Å². The Balaban J connectivity index is 1.67. The summed E-state index contributed by atoms with van der Waals surface area (Å²) in [4.78, 5) is 0. The molecule has 0 amide bonds. The fraction of sp³-hybridized carbons (Fsp3) is 0.556. The molecule has 0 saturated carbocycles. The van der Waals surface area contributed by atoms with Gasteiger partial charge >= 0.3 is 0 Å². The highest BCUT2D eigenvalue weighted by atomic mass is 31.2. The van der Waals surface area contributed by atoms with Gasteiger partial charge in [0, 0.05) is 12.6 Å². The van der Waals surface area contributed by atoms with E-state index in [4.69, 9.17) is 23.3 Å². The summed E-state index contributed by atoms with van der Waals surface area (Å²) in [5.41, 5.74) is 2.27. The first-order valence-electron chi connectivity index (χ1n) is 12.5. The van der Waals surface area contributed by atoms with E-state index in [-0.39, 0.29) is 36.7 Å². The number of nitrogens with one attached hydrogen (secondary N) is 1. The third-order valence-corrected chi connectivity index (χ3v) is 7.81. The van der Waals surface area contributed by atoms with Gasteiger partial charge in [-0.25, -0.2) is 0 Å². The highest BCUT2D eigenvalue weighted by Crippen LogP contribution is 2.43. The maximum absolute atomic E-state index is 6.46. The average molecular weight is 516 g/mol. The third-order valence-electron chi connectivity index (χ3n) is 5.55. The lowest BCUT2D eigenvalue weighted by Gasteiger charge is -2.42. The Morgan fingerprint density at radius 2 is 1.43 bits per heavy atom.